The number of methoxy groups -OCH3 is 1. The molecule has 94 valence electrons. The van der Waals surface area contributed by atoms with Crippen LogP contribution in [-0.4, -0.2) is 42.8 Å². The zero-order chi connectivity index (χ0) is 13.1. The minimum Gasteiger partial charge on any atom is -0.379 e. The number of benzene rings is 1. The van der Waals surface area contributed by atoms with Crippen LogP contribution in [0.4, 0.5) is 0 Å². The first-order valence-corrected chi connectivity index (χ1v) is 5.60. The summed E-state index contributed by atoms with van der Waals surface area (Å²) in [5, 5.41) is 0. The number of amides is 2. The van der Waals surface area contributed by atoms with E-state index < -0.39 is 6.10 Å². The van der Waals surface area contributed by atoms with Crippen LogP contribution >= 0.6 is 0 Å². The summed E-state index contributed by atoms with van der Waals surface area (Å²) in [5.41, 5.74) is 0.812. The molecule has 0 aromatic heterocycles. The smallest absolute Gasteiger partial charge is 0.261 e. The molecular weight excluding hydrogens is 234 g/mol. The van der Waals surface area contributed by atoms with Gasteiger partial charge in [-0.15, -0.1) is 0 Å². The fraction of sp³-hybridized carbons (Fsp3) is 0.308. The quantitative estimate of drug-likeness (QED) is 0.572. The summed E-state index contributed by atoms with van der Waals surface area (Å²) in [5.74, 6) is -0.660. The van der Waals surface area contributed by atoms with Crippen molar-refractivity contribution in [3.8, 4) is 0 Å². The Kier molecular flexibility index (Phi) is 3.53. The van der Waals surface area contributed by atoms with Crippen LogP contribution in [-0.2, 0) is 9.53 Å². The average molecular weight is 247 g/mol. The molecule has 0 saturated heterocycles. The Morgan fingerprint density at radius 1 is 1.22 bits per heavy atom. The largest absolute Gasteiger partial charge is 0.379 e. The molecule has 1 aliphatic rings. The third-order valence-electron chi connectivity index (χ3n) is 2.96. The van der Waals surface area contributed by atoms with Crippen LogP contribution in [0.5, 0.6) is 0 Å². The standard InChI is InChI=1S/C13H13NO4/c1-18-9(6-7-15)8-14-12(16)10-4-2-3-5-11(10)13(14)17/h2-5,7,9H,6,8H2,1H3. The Balaban J connectivity index is 2.20. The Bertz CT molecular complexity index is 463. The normalized spacial score (nSPS) is 15.7. The monoisotopic (exact) mass is 247 g/mol. The van der Waals surface area contributed by atoms with Crippen molar-refractivity contribution < 1.29 is 19.1 Å². The number of nitrogens with zero attached hydrogens (tertiary/aromatic N) is 1. The fourth-order valence-corrected chi connectivity index (χ4v) is 1.96. The highest BCUT2D eigenvalue weighted by Crippen LogP contribution is 2.22. The summed E-state index contributed by atoms with van der Waals surface area (Å²) >= 11 is 0. The minimum absolute atomic E-state index is 0.0988. The second kappa shape index (κ2) is 5.10. The molecule has 0 radical (unpaired) electrons. The number of hydrogen-bond acceptors (Lipinski definition) is 4. The molecule has 0 N–H and O–H groups in total. The van der Waals surface area contributed by atoms with Gasteiger partial charge in [0.25, 0.3) is 11.8 Å². The SMILES string of the molecule is COC(CC=O)CN1C(=O)c2ccccc2C1=O. The maximum absolute atomic E-state index is 12.0. The third kappa shape index (κ3) is 2.04. The second-order valence-corrected chi connectivity index (χ2v) is 4.03. The molecule has 5 nitrogen and oxygen atoms in total. The van der Waals surface area contributed by atoms with Gasteiger partial charge >= 0.3 is 0 Å². The number of ether oxygens (including phenoxy) is 1. The molecule has 1 aliphatic heterocycles. The topological polar surface area (TPSA) is 63.7 Å². The van der Waals surface area contributed by atoms with Crippen LogP contribution in [0.2, 0.25) is 0 Å². The van der Waals surface area contributed by atoms with Crippen molar-refractivity contribution in [3.05, 3.63) is 35.4 Å². The van der Waals surface area contributed by atoms with E-state index in [1.54, 1.807) is 24.3 Å². The molecule has 5 heteroatoms. The van der Waals surface area contributed by atoms with E-state index in [9.17, 15) is 14.4 Å². The highest BCUT2D eigenvalue weighted by molar-refractivity contribution is 6.21. The number of aldehydes is 1. The van der Waals surface area contributed by atoms with Gasteiger partial charge in [-0.05, 0) is 12.1 Å². The number of carbonyl (C=O) groups excluding carboxylic acids is 3. The zero-order valence-electron chi connectivity index (χ0n) is 9.96. The molecule has 0 aliphatic carbocycles. The van der Waals surface area contributed by atoms with Crippen molar-refractivity contribution >= 4 is 18.1 Å². The van der Waals surface area contributed by atoms with Crippen LogP contribution in [0.25, 0.3) is 0 Å². The van der Waals surface area contributed by atoms with Crippen molar-refractivity contribution in [1.29, 1.82) is 0 Å². The molecule has 1 heterocycles. The molecule has 1 aromatic carbocycles. The lowest BCUT2D eigenvalue weighted by Gasteiger charge is -2.19. The molecule has 1 unspecified atom stereocenters. The van der Waals surface area contributed by atoms with Gasteiger partial charge in [-0.25, -0.2) is 0 Å². The van der Waals surface area contributed by atoms with Crippen molar-refractivity contribution in [2.45, 2.75) is 12.5 Å². The van der Waals surface area contributed by atoms with Crippen LogP contribution in [0.1, 0.15) is 27.1 Å². The zero-order valence-corrected chi connectivity index (χ0v) is 9.96. The average Bonchev–Trinajstić information content (AvgIpc) is 2.64. The summed E-state index contributed by atoms with van der Waals surface area (Å²) in [4.78, 5) is 35.6. The number of fused-ring (bicyclic) bond motifs is 1. The predicted octanol–water partition coefficient (Wildman–Crippen LogP) is 0.887. The van der Waals surface area contributed by atoms with Gasteiger partial charge in [-0.3, -0.25) is 14.5 Å². The van der Waals surface area contributed by atoms with Gasteiger partial charge in [-0.1, -0.05) is 12.1 Å². The van der Waals surface area contributed by atoms with Crippen LogP contribution in [0.15, 0.2) is 24.3 Å². The van der Waals surface area contributed by atoms with E-state index in [0.29, 0.717) is 17.4 Å². The third-order valence-corrected chi connectivity index (χ3v) is 2.96. The lowest BCUT2D eigenvalue weighted by Crippen LogP contribution is -2.37. The van der Waals surface area contributed by atoms with E-state index in [2.05, 4.69) is 0 Å². The van der Waals surface area contributed by atoms with Crippen LogP contribution in [0.3, 0.4) is 0 Å². The van der Waals surface area contributed by atoms with Gasteiger partial charge < -0.3 is 9.53 Å². The van der Waals surface area contributed by atoms with Gasteiger partial charge in [-0.2, -0.15) is 0 Å². The van der Waals surface area contributed by atoms with E-state index in [0.717, 1.165) is 4.90 Å². The summed E-state index contributed by atoms with van der Waals surface area (Å²) in [6, 6.07) is 6.67. The van der Waals surface area contributed by atoms with Gasteiger partial charge in [0.05, 0.1) is 23.8 Å². The molecule has 2 amide bonds. The Labute approximate surface area is 104 Å². The first-order valence-electron chi connectivity index (χ1n) is 5.60. The van der Waals surface area contributed by atoms with Gasteiger partial charge in [0, 0.05) is 13.5 Å². The molecule has 1 atom stereocenters. The summed E-state index contributed by atoms with van der Waals surface area (Å²) < 4.78 is 5.07. The van der Waals surface area contributed by atoms with Crippen molar-refractivity contribution in [2.75, 3.05) is 13.7 Å². The van der Waals surface area contributed by atoms with Gasteiger partial charge in [0.15, 0.2) is 0 Å². The van der Waals surface area contributed by atoms with Gasteiger partial charge in [0.1, 0.15) is 6.29 Å². The fourth-order valence-electron chi connectivity index (χ4n) is 1.96. The number of hydrogen-bond donors (Lipinski definition) is 0. The Hall–Kier alpha value is -2.01. The van der Waals surface area contributed by atoms with Crippen molar-refractivity contribution in [3.63, 3.8) is 0 Å². The highest BCUT2D eigenvalue weighted by Gasteiger charge is 2.36. The molecule has 18 heavy (non-hydrogen) atoms. The first kappa shape index (κ1) is 12.4. The Morgan fingerprint density at radius 2 is 1.78 bits per heavy atom. The van der Waals surface area contributed by atoms with E-state index in [4.69, 9.17) is 4.74 Å². The van der Waals surface area contributed by atoms with Gasteiger partial charge in [0.2, 0.25) is 0 Å². The van der Waals surface area contributed by atoms with Crippen LogP contribution < -0.4 is 0 Å². The maximum Gasteiger partial charge on any atom is 0.261 e. The summed E-state index contributed by atoms with van der Waals surface area (Å²) in [6.45, 7) is 0.0988. The summed E-state index contributed by atoms with van der Waals surface area (Å²) in [6.07, 6.45) is 0.417. The summed E-state index contributed by atoms with van der Waals surface area (Å²) in [7, 11) is 1.45. The van der Waals surface area contributed by atoms with Crippen molar-refractivity contribution in [2.24, 2.45) is 0 Å². The van der Waals surface area contributed by atoms with E-state index in [-0.39, 0.29) is 24.8 Å². The lowest BCUT2D eigenvalue weighted by molar-refractivity contribution is -0.110. The minimum atomic E-state index is -0.454. The number of rotatable bonds is 5. The van der Waals surface area contributed by atoms with E-state index in [1.165, 1.54) is 7.11 Å². The van der Waals surface area contributed by atoms with E-state index >= 15 is 0 Å². The number of imide groups is 1. The molecule has 0 fully saturated rings. The molecule has 2 rings (SSSR count). The molecule has 0 bridgehead atoms. The second-order valence-electron chi connectivity index (χ2n) is 4.03. The molecular formula is C13H13NO4. The van der Waals surface area contributed by atoms with Crippen molar-refractivity contribution in [1.82, 2.24) is 4.90 Å². The predicted molar refractivity (Wildman–Crippen MR) is 63.3 cm³/mol. The van der Waals surface area contributed by atoms with Crippen LogP contribution in [0, 0.1) is 0 Å². The Morgan fingerprint density at radius 3 is 2.22 bits per heavy atom. The molecule has 0 saturated carbocycles. The van der Waals surface area contributed by atoms with E-state index in [1.807, 2.05) is 0 Å². The molecule has 0 spiro atoms. The molecule has 1 aromatic rings. The maximum atomic E-state index is 12.0. The highest BCUT2D eigenvalue weighted by atomic mass is 16.5. The lowest BCUT2D eigenvalue weighted by atomic mass is 10.1. The first-order chi connectivity index (χ1) is 8.69. The number of carbonyl (C=O) groups is 3.